The predicted molar refractivity (Wildman–Crippen MR) is 67.5 cm³/mol. The van der Waals surface area contributed by atoms with Gasteiger partial charge >= 0.3 is 0 Å². The van der Waals surface area contributed by atoms with Crippen LogP contribution >= 0.6 is 0 Å². The van der Waals surface area contributed by atoms with E-state index in [0.717, 1.165) is 18.4 Å². The fraction of sp³-hybridized carbons (Fsp3) is 1.00. The van der Waals surface area contributed by atoms with Gasteiger partial charge in [0.25, 0.3) is 0 Å². The monoisotopic (exact) mass is 225 g/mol. The first kappa shape index (κ1) is 12.4. The summed E-state index contributed by atoms with van der Waals surface area (Å²) in [6.07, 6.45) is 10.6. The summed E-state index contributed by atoms with van der Waals surface area (Å²) in [7, 11) is 0. The van der Waals surface area contributed by atoms with Crippen LogP contribution in [-0.2, 0) is 0 Å². The van der Waals surface area contributed by atoms with Gasteiger partial charge in [0.15, 0.2) is 0 Å². The molecule has 1 unspecified atom stereocenters. The highest BCUT2D eigenvalue weighted by molar-refractivity contribution is 4.85. The Labute approximate surface area is 100 Å². The van der Waals surface area contributed by atoms with Gasteiger partial charge in [0, 0.05) is 18.7 Å². The zero-order valence-corrected chi connectivity index (χ0v) is 10.7. The van der Waals surface area contributed by atoms with Crippen molar-refractivity contribution in [2.24, 2.45) is 5.92 Å². The molecule has 1 atom stereocenters. The molecule has 1 saturated carbocycles. The van der Waals surface area contributed by atoms with Crippen LogP contribution in [0.2, 0.25) is 0 Å². The fourth-order valence-electron chi connectivity index (χ4n) is 3.54. The van der Waals surface area contributed by atoms with E-state index in [4.69, 9.17) is 5.11 Å². The van der Waals surface area contributed by atoms with E-state index in [0.29, 0.717) is 12.6 Å². The maximum atomic E-state index is 9.15. The lowest BCUT2D eigenvalue weighted by Gasteiger charge is -2.43. The van der Waals surface area contributed by atoms with Gasteiger partial charge in [-0.15, -0.1) is 0 Å². The number of hydrogen-bond donors (Lipinski definition) is 1. The summed E-state index contributed by atoms with van der Waals surface area (Å²) in [6.45, 7) is 4.03. The summed E-state index contributed by atoms with van der Waals surface area (Å²) in [5.74, 6) is 0.942. The molecular weight excluding hydrogens is 198 g/mol. The van der Waals surface area contributed by atoms with Gasteiger partial charge in [-0.1, -0.05) is 13.3 Å². The molecule has 0 aromatic heterocycles. The molecule has 0 radical (unpaired) electrons. The maximum absolute atomic E-state index is 9.15. The number of aliphatic hydroxyl groups is 1. The standard InChI is InChI=1S/C14H27NO/c1-12-5-7-14(8-6-12)15-10-3-2-4-13(15)9-11-16/h12-14,16H,2-11H2,1H3. The lowest BCUT2D eigenvalue weighted by Crippen LogP contribution is -2.47. The molecule has 2 fully saturated rings. The van der Waals surface area contributed by atoms with Crippen molar-refractivity contribution in [2.45, 2.75) is 70.4 Å². The Morgan fingerprint density at radius 2 is 1.81 bits per heavy atom. The zero-order chi connectivity index (χ0) is 11.4. The Bertz CT molecular complexity index is 197. The third kappa shape index (κ3) is 2.98. The van der Waals surface area contributed by atoms with E-state index in [1.807, 2.05) is 0 Å². The van der Waals surface area contributed by atoms with Gasteiger partial charge in [-0.3, -0.25) is 4.90 Å². The van der Waals surface area contributed by atoms with Crippen molar-refractivity contribution in [1.29, 1.82) is 0 Å². The average molecular weight is 225 g/mol. The number of hydrogen-bond acceptors (Lipinski definition) is 2. The van der Waals surface area contributed by atoms with Crippen molar-refractivity contribution < 1.29 is 5.11 Å². The molecule has 2 rings (SSSR count). The van der Waals surface area contributed by atoms with Gasteiger partial charge < -0.3 is 5.11 Å². The maximum Gasteiger partial charge on any atom is 0.0445 e. The molecule has 0 amide bonds. The van der Waals surface area contributed by atoms with Crippen LogP contribution in [0.25, 0.3) is 0 Å². The molecule has 94 valence electrons. The van der Waals surface area contributed by atoms with E-state index >= 15 is 0 Å². The molecule has 2 nitrogen and oxygen atoms in total. The van der Waals surface area contributed by atoms with Crippen molar-refractivity contribution in [2.75, 3.05) is 13.2 Å². The van der Waals surface area contributed by atoms with Gasteiger partial charge in [-0.2, -0.15) is 0 Å². The minimum Gasteiger partial charge on any atom is -0.396 e. The molecule has 1 N–H and O–H groups in total. The molecule has 1 saturated heterocycles. The Balaban J connectivity index is 1.89. The topological polar surface area (TPSA) is 23.5 Å². The van der Waals surface area contributed by atoms with Crippen LogP contribution in [0.5, 0.6) is 0 Å². The second kappa shape index (κ2) is 6.02. The molecule has 0 spiro atoms. The minimum atomic E-state index is 0.365. The lowest BCUT2D eigenvalue weighted by molar-refractivity contribution is 0.0509. The number of piperidine rings is 1. The predicted octanol–water partition coefficient (Wildman–Crippen LogP) is 2.80. The van der Waals surface area contributed by atoms with E-state index < -0.39 is 0 Å². The summed E-state index contributed by atoms with van der Waals surface area (Å²) in [6, 6.07) is 1.50. The third-order valence-electron chi connectivity index (χ3n) is 4.59. The normalized spacial score (nSPS) is 37.5. The summed E-state index contributed by atoms with van der Waals surface area (Å²) >= 11 is 0. The lowest BCUT2D eigenvalue weighted by atomic mass is 9.84. The second-order valence-electron chi connectivity index (χ2n) is 5.81. The average Bonchev–Trinajstić information content (AvgIpc) is 2.32. The van der Waals surface area contributed by atoms with E-state index in [1.165, 1.54) is 51.5 Å². The van der Waals surface area contributed by atoms with E-state index in [1.54, 1.807) is 0 Å². The van der Waals surface area contributed by atoms with Crippen molar-refractivity contribution in [3.05, 3.63) is 0 Å². The Hall–Kier alpha value is -0.0800. The van der Waals surface area contributed by atoms with Gasteiger partial charge in [-0.25, -0.2) is 0 Å². The summed E-state index contributed by atoms with van der Waals surface area (Å²) in [4.78, 5) is 2.73. The van der Waals surface area contributed by atoms with Crippen LogP contribution in [0, 0.1) is 5.92 Å². The summed E-state index contributed by atoms with van der Waals surface area (Å²) in [5.41, 5.74) is 0. The first-order chi connectivity index (χ1) is 7.81. The molecule has 16 heavy (non-hydrogen) atoms. The SMILES string of the molecule is CC1CCC(N2CCCCC2CCO)CC1. The van der Waals surface area contributed by atoms with Crippen LogP contribution in [0.3, 0.4) is 0 Å². The Kier molecular flexibility index (Phi) is 4.66. The van der Waals surface area contributed by atoms with E-state index in [9.17, 15) is 0 Å². The van der Waals surface area contributed by atoms with Crippen LogP contribution in [0.15, 0.2) is 0 Å². The van der Waals surface area contributed by atoms with Gasteiger partial charge in [0.2, 0.25) is 0 Å². The van der Waals surface area contributed by atoms with Gasteiger partial charge in [0.05, 0.1) is 0 Å². The molecule has 1 aliphatic carbocycles. The molecule has 2 aliphatic rings. The summed E-state index contributed by atoms with van der Waals surface area (Å²) in [5, 5.41) is 9.15. The van der Waals surface area contributed by atoms with Crippen LogP contribution in [0.1, 0.15) is 58.3 Å². The number of aliphatic hydroxyl groups excluding tert-OH is 1. The number of rotatable bonds is 3. The quantitative estimate of drug-likeness (QED) is 0.798. The second-order valence-corrected chi connectivity index (χ2v) is 5.81. The van der Waals surface area contributed by atoms with E-state index in [-0.39, 0.29) is 0 Å². The first-order valence-electron chi connectivity index (χ1n) is 7.18. The molecule has 1 heterocycles. The van der Waals surface area contributed by atoms with Crippen molar-refractivity contribution in [1.82, 2.24) is 4.90 Å². The smallest absolute Gasteiger partial charge is 0.0445 e. The van der Waals surface area contributed by atoms with E-state index in [2.05, 4.69) is 11.8 Å². The van der Waals surface area contributed by atoms with Crippen molar-refractivity contribution in [3.8, 4) is 0 Å². The molecule has 0 aromatic carbocycles. The largest absolute Gasteiger partial charge is 0.396 e. The molecule has 1 aliphatic heterocycles. The van der Waals surface area contributed by atoms with Crippen LogP contribution in [-0.4, -0.2) is 35.2 Å². The van der Waals surface area contributed by atoms with Gasteiger partial charge in [-0.05, 0) is 57.4 Å². The van der Waals surface area contributed by atoms with Crippen LogP contribution in [0.4, 0.5) is 0 Å². The van der Waals surface area contributed by atoms with Crippen molar-refractivity contribution in [3.63, 3.8) is 0 Å². The highest BCUT2D eigenvalue weighted by Gasteiger charge is 2.30. The number of likely N-dealkylation sites (tertiary alicyclic amines) is 1. The van der Waals surface area contributed by atoms with Crippen molar-refractivity contribution >= 4 is 0 Å². The minimum absolute atomic E-state index is 0.365. The Morgan fingerprint density at radius 1 is 1.06 bits per heavy atom. The van der Waals surface area contributed by atoms with Gasteiger partial charge in [0.1, 0.15) is 0 Å². The third-order valence-corrected chi connectivity index (χ3v) is 4.59. The fourth-order valence-corrected chi connectivity index (χ4v) is 3.54. The first-order valence-corrected chi connectivity index (χ1v) is 7.18. The van der Waals surface area contributed by atoms with Crippen LogP contribution < -0.4 is 0 Å². The Morgan fingerprint density at radius 3 is 2.50 bits per heavy atom. The highest BCUT2D eigenvalue weighted by atomic mass is 16.3. The molecular formula is C14H27NO. The number of nitrogens with zero attached hydrogens (tertiary/aromatic N) is 1. The highest BCUT2D eigenvalue weighted by Crippen LogP contribution is 2.31. The molecule has 2 heteroatoms. The zero-order valence-electron chi connectivity index (χ0n) is 10.7. The molecule has 0 bridgehead atoms. The molecule has 0 aromatic rings. The summed E-state index contributed by atoms with van der Waals surface area (Å²) < 4.78 is 0.